The number of aromatic nitrogens is 3. The molecule has 1 amide bonds. The van der Waals surface area contributed by atoms with Crippen molar-refractivity contribution in [3.63, 3.8) is 0 Å². The molecular formula is C18H19N5O. The highest BCUT2D eigenvalue weighted by molar-refractivity contribution is 5.94. The third kappa shape index (κ3) is 2.88. The van der Waals surface area contributed by atoms with Crippen LogP contribution in [0.1, 0.15) is 18.4 Å². The van der Waals surface area contributed by atoms with Gasteiger partial charge in [0.1, 0.15) is 5.82 Å². The van der Waals surface area contributed by atoms with E-state index in [4.69, 9.17) is 0 Å². The summed E-state index contributed by atoms with van der Waals surface area (Å²) in [5.41, 5.74) is 1.95. The van der Waals surface area contributed by atoms with Gasteiger partial charge < -0.3 is 5.32 Å². The van der Waals surface area contributed by atoms with Crippen molar-refractivity contribution in [2.45, 2.75) is 25.4 Å². The Morgan fingerprint density at radius 2 is 2.04 bits per heavy atom. The van der Waals surface area contributed by atoms with Crippen LogP contribution < -0.4 is 5.32 Å². The Labute approximate surface area is 140 Å². The second kappa shape index (κ2) is 6.41. The molecule has 1 atom stereocenters. The van der Waals surface area contributed by atoms with Crippen LogP contribution in [-0.2, 0) is 11.3 Å². The van der Waals surface area contributed by atoms with Gasteiger partial charge in [-0.05, 0) is 31.0 Å². The van der Waals surface area contributed by atoms with E-state index in [2.05, 4.69) is 32.4 Å². The third-order valence-electron chi connectivity index (χ3n) is 4.44. The number of fused-ring (bicyclic) bond motifs is 1. The number of likely N-dealkylation sites (tertiary alicyclic amines) is 1. The number of hydrogen-bond acceptors (Lipinski definition) is 4. The summed E-state index contributed by atoms with van der Waals surface area (Å²) in [6.45, 7) is 1.74. The minimum absolute atomic E-state index is 0.0198. The number of benzene rings is 1. The summed E-state index contributed by atoms with van der Waals surface area (Å²) in [5.74, 6) is 0.674. The van der Waals surface area contributed by atoms with Gasteiger partial charge in [-0.1, -0.05) is 30.3 Å². The lowest BCUT2D eigenvalue weighted by Gasteiger charge is -2.23. The van der Waals surface area contributed by atoms with E-state index in [1.165, 1.54) is 5.56 Å². The molecular weight excluding hydrogens is 302 g/mol. The molecule has 0 saturated carbocycles. The fourth-order valence-electron chi connectivity index (χ4n) is 3.27. The lowest BCUT2D eigenvalue weighted by molar-refractivity contribution is -0.120. The van der Waals surface area contributed by atoms with E-state index in [0.29, 0.717) is 5.82 Å². The highest BCUT2D eigenvalue weighted by atomic mass is 16.2. The van der Waals surface area contributed by atoms with Crippen LogP contribution in [0.3, 0.4) is 0 Å². The zero-order chi connectivity index (χ0) is 16.4. The molecule has 1 saturated heterocycles. The van der Waals surface area contributed by atoms with Gasteiger partial charge in [-0.25, -0.2) is 4.98 Å². The summed E-state index contributed by atoms with van der Waals surface area (Å²) in [7, 11) is 0. The van der Waals surface area contributed by atoms with Crippen LogP contribution in [0.5, 0.6) is 0 Å². The summed E-state index contributed by atoms with van der Waals surface area (Å²) in [4.78, 5) is 19.2. The minimum atomic E-state index is -0.107. The first kappa shape index (κ1) is 14.8. The van der Waals surface area contributed by atoms with Gasteiger partial charge in [-0.15, -0.1) is 0 Å². The number of carbonyl (C=O) groups excluding carboxylic acids is 1. The Morgan fingerprint density at radius 3 is 2.92 bits per heavy atom. The molecule has 1 aliphatic rings. The zero-order valence-electron chi connectivity index (χ0n) is 13.3. The second-order valence-corrected chi connectivity index (χ2v) is 6.03. The van der Waals surface area contributed by atoms with Crippen LogP contribution in [0.15, 0.2) is 54.9 Å². The molecule has 2 aromatic heterocycles. The zero-order valence-corrected chi connectivity index (χ0v) is 13.3. The molecule has 0 radical (unpaired) electrons. The van der Waals surface area contributed by atoms with Crippen LogP contribution in [0.2, 0.25) is 0 Å². The molecule has 1 unspecified atom stereocenters. The highest BCUT2D eigenvalue weighted by Crippen LogP contribution is 2.21. The maximum Gasteiger partial charge on any atom is 0.242 e. The number of carbonyl (C=O) groups is 1. The van der Waals surface area contributed by atoms with Crippen LogP contribution in [0.25, 0.3) is 5.65 Å². The molecule has 1 aliphatic heterocycles. The molecule has 6 heteroatoms. The van der Waals surface area contributed by atoms with Gasteiger partial charge >= 0.3 is 0 Å². The monoisotopic (exact) mass is 321 g/mol. The van der Waals surface area contributed by atoms with Gasteiger partial charge in [0, 0.05) is 18.8 Å². The first-order valence-electron chi connectivity index (χ1n) is 8.19. The molecule has 122 valence electrons. The number of nitrogens with zero attached hydrogens (tertiary/aromatic N) is 4. The van der Waals surface area contributed by atoms with E-state index in [-0.39, 0.29) is 11.9 Å². The minimum Gasteiger partial charge on any atom is -0.309 e. The molecule has 0 spiro atoms. The fourth-order valence-corrected chi connectivity index (χ4v) is 3.27. The maximum atomic E-state index is 12.8. The van der Waals surface area contributed by atoms with Crippen molar-refractivity contribution < 1.29 is 4.79 Å². The molecule has 3 aromatic rings. The lowest BCUT2D eigenvalue weighted by atomic mass is 10.1. The van der Waals surface area contributed by atoms with Crippen molar-refractivity contribution in [3.8, 4) is 0 Å². The summed E-state index contributed by atoms with van der Waals surface area (Å²) in [6.07, 6.45) is 5.28. The summed E-state index contributed by atoms with van der Waals surface area (Å²) in [6, 6.07) is 13.8. The number of rotatable bonds is 4. The summed E-state index contributed by atoms with van der Waals surface area (Å²) >= 11 is 0. The predicted octanol–water partition coefficient (Wildman–Crippen LogP) is 2.33. The number of nitrogens with one attached hydrogen (secondary N) is 1. The first-order chi connectivity index (χ1) is 11.8. The Balaban J connectivity index is 1.50. The molecule has 1 fully saturated rings. The average Bonchev–Trinajstić information content (AvgIpc) is 3.25. The second-order valence-electron chi connectivity index (χ2n) is 6.03. The number of amides is 1. The van der Waals surface area contributed by atoms with Crippen molar-refractivity contribution in [1.29, 1.82) is 0 Å². The van der Waals surface area contributed by atoms with E-state index in [1.807, 2.05) is 24.3 Å². The first-order valence-corrected chi connectivity index (χ1v) is 8.19. The number of anilines is 1. The normalized spacial score (nSPS) is 18.1. The number of hydrogen-bond donors (Lipinski definition) is 1. The summed E-state index contributed by atoms with van der Waals surface area (Å²) < 4.78 is 1.65. The maximum absolute atomic E-state index is 12.8. The molecule has 4 rings (SSSR count). The molecule has 6 nitrogen and oxygen atoms in total. The smallest absolute Gasteiger partial charge is 0.242 e. The van der Waals surface area contributed by atoms with Crippen molar-refractivity contribution in [2.24, 2.45) is 0 Å². The Morgan fingerprint density at radius 1 is 1.17 bits per heavy atom. The highest BCUT2D eigenvalue weighted by Gasteiger charge is 2.30. The van der Waals surface area contributed by atoms with Gasteiger partial charge in [-0.3, -0.25) is 9.69 Å². The van der Waals surface area contributed by atoms with Crippen LogP contribution in [-0.4, -0.2) is 38.0 Å². The van der Waals surface area contributed by atoms with Crippen molar-refractivity contribution in [3.05, 3.63) is 60.4 Å². The average molecular weight is 321 g/mol. The van der Waals surface area contributed by atoms with Gasteiger partial charge in [0.15, 0.2) is 5.65 Å². The van der Waals surface area contributed by atoms with E-state index in [1.54, 1.807) is 23.0 Å². The SMILES string of the molecule is O=C(Nc1ccnc2ccnn12)C1CCCN1Cc1ccccc1. The quantitative estimate of drug-likeness (QED) is 0.801. The molecule has 0 aliphatic carbocycles. The fraction of sp³-hybridized carbons (Fsp3) is 0.278. The Kier molecular flexibility index (Phi) is 3.96. The molecule has 1 N–H and O–H groups in total. The predicted molar refractivity (Wildman–Crippen MR) is 91.5 cm³/mol. The van der Waals surface area contributed by atoms with Gasteiger partial charge in [0.25, 0.3) is 0 Å². The third-order valence-corrected chi connectivity index (χ3v) is 4.44. The topological polar surface area (TPSA) is 62.5 Å². The Hall–Kier alpha value is -2.73. The van der Waals surface area contributed by atoms with Crippen molar-refractivity contribution >= 4 is 17.4 Å². The van der Waals surface area contributed by atoms with E-state index < -0.39 is 0 Å². The lowest BCUT2D eigenvalue weighted by Crippen LogP contribution is -2.39. The molecule has 24 heavy (non-hydrogen) atoms. The van der Waals surface area contributed by atoms with Crippen molar-refractivity contribution in [2.75, 3.05) is 11.9 Å². The van der Waals surface area contributed by atoms with E-state index in [0.717, 1.165) is 31.6 Å². The molecule has 0 bridgehead atoms. The van der Waals surface area contributed by atoms with Gasteiger partial charge in [0.2, 0.25) is 5.91 Å². The van der Waals surface area contributed by atoms with Gasteiger partial charge in [-0.2, -0.15) is 9.61 Å². The Bertz CT molecular complexity index is 845. The van der Waals surface area contributed by atoms with E-state index >= 15 is 0 Å². The van der Waals surface area contributed by atoms with Crippen LogP contribution in [0.4, 0.5) is 5.82 Å². The van der Waals surface area contributed by atoms with E-state index in [9.17, 15) is 4.79 Å². The molecule has 3 heterocycles. The van der Waals surface area contributed by atoms with Gasteiger partial charge in [0.05, 0.1) is 12.2 Å². The van der Waals surface area contributed by atoms with Crippen LogP contribution in [0, 0.1) is 0 Å². The standard InChI is InChI=1S/C18H19N5O/c24-18(21-17-8-10-19-16-9-11-20-23(16)17)15-7-4-12-22(15)13-14-5-2-1-3-6-14/h1-3,5-6,8-11,15H,4,7,12-13H2,(H,21,24). The summed E-state index contributed by atoms with van der Waals surface area (Å²) in [5, 5.41) is 7.22. The van der Waals surface area contributed by atoms with Crippen molar-refractivity contribution in [1.82, 2.24) is 19.5 Å². The largest absolute Gasteiger partial charge is 0.309 e. The van der Waals surface area contributed by atoms with Crippen LogP contribution >= 0.6 is 0 Å². The molecule has 1 aromatic carbocycles.